The van der Waals surface area contributed by atoms with Gasteiger partial charge in [0.15, 0.2) is 0 Å². The smallest absolute Gasteiger partial charge is 0.319 e. The van der Waals surface area contributed by atoms with Gasteiger partial charge >= 0.3 is 6.03 Å². The highest BCUT2D eigenvalue weighted by atomic mass is 79.9. The van der Waals surface area contributed by atoms with Gasteiger partial charge in [-0.2, -0.15) is 0 Å². The number of benzene rings is 1. The molecule has 26 heavy (non-hydrogen) atoms. The second-order valence-electron chi connectivity index (χ2n) is 7.06. The molecule has 2 fully saturated rings. The van der Waals surface area contributed by atoms with Crippen LogP contribution in [0.4, 0.5) is 10.5 Å². The van der Waals surface area contributed by atoms with Crippen LogP contribution in [0.5, 0.6) is 0 Å². The van der Waals surface area contributed by atoms with Gasteiger partial charge < -0.3 is 10.6 Å². The number of nitrogens with zero attached hydrogens (tertiary/aromatic N) is 1. The van der Waals surface area contributed by atoms with Crippen LogP contribution in [0.3, 0.4) is 0 Å². The molecule has 6 nitrogen and oxygen atoms in total. The fourth-order valence-electron chi connectivity index (χ4n) is 4.35. The van der Waals surface area contributed by atoms with Crippen molar-refractivity contribution in [2.24, 2.45) is 23.7 Å². The number of anilines is 1. The zero-order valence-electron chi connectivity index (χ0n) is 14.2. The zero-order valence-corrected chi connectivity index (χ0v) is 15.7. The number of likely N-dealkylation sites (tertiary alicyclic amines) is 1. The summed E-state index contributed by atoms with van der Waals surface area (Å²) in [6, 6.07) is 6.88. The molecule has 0 aromatic heterocycles. The number of rotatable bonds is 4. The fourth-order valence-corrected chi connectivity index (χ4v) is 4.61. The second-order valence-corrected chi connectivity index (χ2v) is 7.97. The van der Waals surface area contributed by atoms with E-state index in [2.05, 4.69) is 38.7 Å². The number of carbonyl (C=O) groups excluding carboxylic acids is 3. The molecule has 1 saturated carbocycles. The van der Waals surface area contributed by atoms with Crippen molar-refractivity contribution in [2.45, 2.75) is 12.8 Å². The Morgan fingerprint density at radius 3 is 2.15 bits per heavy atom. The van der Waals surface area contributed by atoms with Crippen LogP contribution in [0.2, 0.25) is 0 Å². The summed E-state index contributed by atoms with van der Waals surface area (Å²) in [5.41, 5.74) is 0.674. The van der Waals surface area contributed by atoms with Gasteiger partial charge in [0.05, 0.1) is 11.8 Å². The van der Waals surface area contributed by atoms with E-state index in [-0.39, 0.29) is 54.6 Å². The van der Waals surface area contributed by atoms with Crippen LogP contribution in [0.15, 0.2) is 40.9 Å². The molecule has 1 heterocycles. The summed E-state index contributed by atoms with van der Waals surface area (Å²) in [5.74, 6) is -0.144. The highest BCUT2D eigenvalue weighted by Gasteiger charge is 2.56. The van der Waals surface area contributed by atoms with Gasteiger partial charge in [0.2, 0.25) is 11.8 Å². The zero-order chi connectivity index (χ0) is 18.3. The predicted molar refractivity (Wildman–Crippen MR) is 100 cm³/mol. The summed E-state index contributed by atoms with van der Waals surface area (Å²) in [7, 11) is 0. The lowest BCUT2D eigenvalue weighted by atomic mass is 9.63. The van der Waals surface area contributed by atoms with Crippen LogP contribution in [0, 0.1) is 23.7 Å². The third-order valence-electron chi connectivity index (χ3n) is 5.57. The highest BCUT2D eigenvalue weighted by molar-refractivity contribution is 9.10. The lowest BCUT2D eigenvalue weighted by Gasteiger charge is -2.38. The van der Waals surface area contributed by atoms with Crippen molar-refractivity contribution in [3.8, 4) is 0 Å². The lowest BCUT2D eigenvalue weighted by Crippen LogP contribution is -2.40. The molecule has 4 atom stereocenters. The van der Waals surface area contributed by atoms with Crippen LogP contribution in [-0.2, 0) is 9.59 Å². The monoisotopic (exact) mass is 417 g/mol. The summed E-state index contributed by atoms with van der Waals surface area (Å²) in [6.45, 7) is 0.458. The first-order chi connectivity index (χ1) is 12.5. The average molecular weight is 418 g/mol. The Kier molecular flexibility index (Phi) is 4.56. The van der Waals surface area contributed by atoms with Gasteiger partial charge in [-0.15, -0.1) is 0 Å². The van der Waals surface area contributed by atoms with Gasteiger partial charge in [-0.3, -0.25) is 14.5 Å². The molecule has 1 aromatic carbocycles. The Bertz CT molecular complexity index is 745. The van der Waals surface area contributed by atoms with Gasteiger partial charge in [-0.25, -0.2) is 4.79 Å². The van der Waals surface area contributed by atoms with E-state index >= 15 is 0 Å². The lowest BCUT2D eigenvalue weighted by molar-refractivity contribution is -0.140. The van der Waals surface area contributed by atoms with Crippen LogP contribution in [0.25, 0.3) is 0 Å². The largest absolute Gasteiger partial charge is 0.336 e. The molecule has 2 N–H and O–H groups in total. The number of hydrogen-bond acceptors (Lipinski definition) is 3. The highest BCUT2D eigenvalue weighted by Crippen LogP contribution is 2.49. The number of nitrogens with one attached hydrogen (secondary N) is 2. The summed E-state index contributed by atoms with van der Waals surface area (Å²) in [6.07, 6.45) is 6.19. The van der Waals surface area contributed by atoms with E-state index in [1.54, 1.807) is 12.1 Å². The van der Waals surface area contributed by atoms with E-state index in [0.717, 1.165) is 17.3 Å². The normalized spacial score (nSPS) is 29.0. The number of imide groups is 1. The summed E-state index contributed by atoms with van der Waals surface area (Å²) in [5, 5.41) is 5.43. The summed E-state index contributed by atoms with van der Waals surface area (Å²) < 4.78 is 0.930. The minimum atomic E-state index is -0.356. The first-order valence-corrected chi connectivity index (χ1v) is 9.68. The maximum absolute atomic E-state index is 12.7. The molecule has 3 aliphatic carbocycles. The molecule has 5 rings (SSSR count). The maximum Gasteiger partial charge on any atom is 0.319 e. The average Bonchev–Trinajstić information content (AvgIpc) is 2.92. The molecule has 1 aromatic rings. The van der Waals surface area contributed by atoms with E-state index in [1.807, 2.05) is 12.1 Å². The molecule has 0 radical (unpaired) electrons. The van der Waals surface area contributed by atoms with E-state index in [4.69, 9.17) is 0 Å². The molecule has 4 aliphatic rings. The van der Waals surface area contributed by atoms with Crippen molar-refractivity contribution in [1.29, 1.82) is 0 Å². The topological polar surface area (TPSA) is 78.5 Å². The quantitative estimate of drug-likeness (QED) is 0.583. The molecule has 1 saturated heterocycles. The number of urea groups is 1. The van der Waals surface area contributed by atoms with Crippen LogP contribution in [-0.4, -0.2) is 35.8 Å². The predicted octanol–water partition coefficient (Wildman–Crippen LogP) is 2.77. The van der Waals surface area contributed by atoms with E-state index in [1.165, 1.54) is 4.90 Å². The Labute approximate surface area is 160 Å². The second kappa shape index (κ2) is 6.87. The third kappa shape index (κ3) is 3.05. The number of allylic oxidation sites excluding steroid dienone is 2. The third-order valence-corrected chi connectivity index (χ3v) is 6.10. The minimum Gasteiger partial charge on any atom is -0.336 e. The standard InChI is InChI=1S/C19H20BrN3O3/c20-13-5-7-14(8-6-13)22-19(26)21-9-10-23-17(24)15-11-1-2-12(4-3-11)16(15)18(23)25/h1-2,5-8,11-12,15-16H,3-4,9-10H2,(H2,21,22,26)/t11-,12-,15-,16+/m0/s1. The molecule has 1 aliphatic heterocycles. The molecule has 7 heteroatoms. The van der Waals surface area contributed by atoms with Crippen molar-refractivity contribution >= 4 is 39.5 Å². The number of halogens is 1. The van der Waals surface area contributed by atoms with Gasteiger partial charge in [-0.05, 0) is 48.9 Å². The molecule has 136 valence electrons. The van der Waals surface area contributed by atoms with Crippen molar-refractivity contribution in [1.82, 2.24) is 10.2 Å². The first-order valence-electron chi connectivity index (χ1n) is 8.88. The van der Waals surface area contributed by atoms with E-state index in [0.29, 0.717) is 5.69 Å². The Morgan fingerprint density at radius 1 is 1.04 bits per heavy atom. The van der Waals surface area contributed by atoms with Gasteiger partial charge in [-0.1, -0.05) is 28.1 Å². The summed E-state index contributed by atoms with van der Waals surface area (Å²) >= 11 is 3.34. The van der Waals surface area contributed by atoms with Gasteiger partial charge in [0, 0.05) is 23.2 Å². The molecule has 0 unspecified atom stereocenters. The maximum atomic E-state index is 12.7. The fraction of sp³-hybridized carbons (Fsp3) is 0.421. The van der Waals surface area contributed by atoms with Crippen LogP contribution >= 0.6 is 15.9 Å². The van der Waals surface area contributed by atoms with E-state index in [9.17, 15) is 14.4 Å². The van der Waals surface area contributed by atoms with Crippen LogP contribution in [0.1, 0.15) is 12.8 Å². The number of amides is 4. The van der Waals surface area contributed by atoms with E-state index < -0.39 is 0 Å². The Morgan fingerprint density at radius 2 is 1.62 bits per heavy atom. The Hall–Kier alpha value is -2.15. The van der Waals surface area contributed by atoms with Crippen LogP contribution < -0.4 is 10.6 Å². The summed E-state index contributed by atoms with van der Waals surface area (Å²) in [4.78, 5) is 38.7. The minimum absolute atomic E-state index is 0.0748. The molecule has 0 spiro atoms. The molecular formula is C19H20BrN3O3. The van der Waals surface area contributed by atoms with Crippen molar-refractivity contribution in [3.63, 3.8) is 0 Å². The van der Waals surface area contributed by atoms with Crippen molar-refractivity contribution in [2.75, 3.05) is 18.4 Å². The number of carbonyl (C=O) groups is 3. The number of hydrogen-bond donors (Lipinski definition) is 2. The molecule has 2 bridgehead atoms. The van der Waals surface area contributed by atoms with Gasteiger partial charge in [0.25, 0.3) is 0 Å². The molecule has 4 amide bonds. The van der Waals surface area contributed by atoms with Crippen molar-refractivity contribution < 1.29 is 14.4 Å². The van der Waals surface area contributed by atoms with Crippen molar-refractivity contribution in [3.05, 3.63) is 40.9 Å². The first kappa shape index (κ1) is 17.3. The Balaban J connectivity index is 1.31. The SMILES string of the molecule is O=C(NCCN1C(=O)[C@@H]2[C@H](C1=O)[C@H]1C=C[C@H]2CC1)Nc1ccc(Br)cc1. The van der Waals surface area contributed by atoms with Gasteiger partial charge in [0.1, 0.15) is 0 Å². The molecular weight excluding hydrogens is 398 g/mol. The number of fused-ring (bicyclic) bond motifs is 1.